The van der Waals surface area contributed by atoms with E-state index < -0.39 is 23.2 Å². The van der Waals surface area contributed by atoms with E-state index in [-0.39, 0.29) is 23.2 Å². The molecule has 0 aliphatic carbocycles. The second-order valence-corrected chi connectivity index (χ2v) is 5.68. The zero-order chi connectivity index (χ0) is 16.2. The smallest absolute Gasteiger partial charge is 0.313 e. The summed E-state index contributed by atoms with van der Waals surface area (Å²) in [5, 5.41) is 14.6. The van der Waals surface area contributed by atoms with E-state index in [1.54, 1.807) is 20.8 Å². The van der Waals surface area contributed by atoms with Crippen molar-refractivity contribution >= 4 is 29.1 Å². The van der Waals surface area contributed by atoms with Crippen molar-refractivity contribution in [2.24, 2.45) is 5.92 Å². The Balaban J connectivity index is 2.61. The van der Waals surface area contributed by atoms with Crippen LogP contribution in [-0.2, 0) is 9.59 Å². The van der Waals surface area contributed by atoms with Crippen LogP contribution in [0.25, 0.3) is 0 Å². The number of halogens is 2. The number of nitrogens with one attached hydrogen (secondary N) is 2. The van der Waals surface area contributed by atoms with Gasteiger partial charge in [-0.2, -0.15) is 0 Å². The van der Waals surface area contributed by atoms with Gasteiger partial charge in [-0.05, 0) is 31.0 Å². The third-order valence-corrected chi connectivity index (χ3v) is 3.55. The van der Waals surface area contributed by atoms with E-state index in [0.717, 1.165) is 12.1 Å². The highest BCUT2D eigenvalue weighted by Crippen LogP contribution is 2.22. The lowest BCUT2D eigenvalue weighted by atomic mass is 9.92. The lowest BCUT2D eigenvalue weighted by Crippen LogP contribution is -2.47. The first-order chi connectivity index (χ1) is 9.63. The maximum atomic E-state index is 12.9. The first-order valence-corrected chi connectivity index (χ1v) is 6.78. The topological polar surface area (TPSA) is 78.4 Å². The van der Waals surface area contributed by atoms with Crippen LogP contribution < -0.4 is 10.6 Å². The number of aliphatic hydroxyl groups is 1. The van der Waals surface area contributed by atoms with E-state index >= 15 is 0 Å². The molecule has 0 radical (unpaired) electrons. The molecule has 1 atom stereocenters. The second-order valence-electron chi connectivity index (χ2n) is 5.27. The highest BCUT2D eigenvalue weighted by Gasteiger charge is 2.26. The molecule has 0 heterocycles. The normalized spacial score (nSPS) is 13.7. The van der Waals surface area contributed by atoms with Gasteiger partial charge in [0.1, 0.15) is 5.82 Å². The molecule has 0 saturated carbocycles. The van der Waals surface area contributed by atoms with Gasteiger partial charge in [-0.3, -0.25) is 9.59 Å². The second kappa shape index (κ2) is 6.87. The Hall–Kier alpha value is -1.66. The van der Waals surface area contributed by atoms with E-state index in [1.165, 1.54) is 6.07 Å². The van der Waals surface area contributed by atoms with Crippen molar-refractivity contribution in [1.82, 2.24) is 5.32 Å². The summed E-state index contributed by atoms with van der Waals surface area (Å²) in [7, 11) is 0. The summed E-state index contributed by atoms with van der Waals surface area (Å²) < 4.78 is 12.9. The van der Waals surface area contributed by atoms with Crippen LogP contribution in [0.5, 0.6) is 0 Å². The van der Waals surface area contributed by atoms with Crippen molar-refractivity contribution in [3.8, 4) is 0 Å². The molecule has 1 unspecified atom stereocenters. The number of hydrogen-bond donors (Lipinski definition) is 3. The Labute approximate surface area is 127 Å². The molecule has 21 heavy (non-hydrogen) atoms. The molecule has 0 bridgehead atoms. The summed E-state index contributed by atoms with van der Waals surface area (Å²) >= 11 is 5.74. The molecule has 1 rings (SSSR count). The summed E-state index contributed by atoms with van der Waals surface area (Å²) in [4.78, 5) is 23.3. The number of carbonyl (C=O) groups excluding carboxylic acids is 2. The van der Waals surface area contributed by atoms with Crippen molar-refractivity contribution in [3.05, 3.63) is 29.0 Å². The molecule has 7 heteroatoms. The van der Waals surface area contributed by atoms with Gasteiger partial charge in [0.05, 0.1) is 16.3 Å². The Kier molecular flexibility index (Phi) is 5.69. The third kappa shape index (κ3) is 4.99. The molecular formula is C14H18ClFN2O3. The minimum atomic E-state index is -1.12. The Morgan fingerprint density at radius 2 is 2.00 bits per heavy atom. The third-order valence-electron chi connectivity index (χ3n) is 3.24. The highest BCUT2D eigenvalue weighted by molar-refractivity contribution is 6.41. The van der Waals surface area contributed by atoms with Gasteiger partial charge in [-0.15, -0.1) is 0 Å². The van der Waals surface area contributed by atoms with Gasteiger partial charge in [-0.25, -0.2) is 4.39 Å². The van der Waals surface area contributed by atoms with Crippen LogP contribution in [0.4, 0.5) is 10.1 Å². The zero-order valence-corrected chi connectivity index (χ0v) is 12.8. The molecule has 0 aromatic heterocycles. The van der Waals surface area contributed by atoms with Crippen molar-refractivity contribution in [3.63, 3.8) is 0 Å². The molecule has 0 aliphatic rings. The van der Waals surface area contributed by atoms with Crippen LogP contribution in [0.1, 0.15) is 20.8 Å². The van der Waals surface area contributed by atoms with E-state index in [2.05, 4.69) is 10.6 Å². The lowest BCUT2D eigenvalue weighted by molar-refractivity contribution is -0.137. The SMILES string of the molecule is CC(C)C(C)(O)CNC(=O)C(=O)Nc1ccc(F)cc1Cl. The van der Waals surface area contributed by atoms with Crippen LogP contribution >= 0.6 is 11.6 Å². The van der Waals surface area contributed by atoms with Crippen LogP contribution in [0.15, 0.2) is 18.2 Å². The summed E-state index contributed by atoms with van der Waals surface area (Å²) in [6, 6.07) is 3.40. The van der Waals surface area contributed by atoms with Crippen LogP contribution in [0, 0.1) is 11.7 Å². The Morgan fingerprint density at radius 3 is 2.52 bits per heavy atom. The number of hydrogen-bond acceptors (Lipinski definition) is 3. The summed E-state index contributed by atoms with van der Waals surface area (Å²) in [6.07, 6.45) is 0. The van der Waals surface area contributed by atoms with Crippen LogP contribution in [0.2, 0.25) is 5.02 Å². The fraction of sp³-hybridized carbons (Fsp3) is 0.429. The van der Waals surface area contributed by atoms with Gasteiger partial charge in [0.25, 0.3) is 0 Å². The maximum absolute atomic E-state index is 12.9. The molecule has 0 spiro atoms. The lowest BCUT2D eigenvalue weighted by Gasteiger charge is -2.27. The minimum absolute atomic E-state index is 0.00896. The first kappa shape index (κ1) is 17.4. The number of carbonyl (C=O) groups is 2. The monoisotopic (exact) mass is 316 g/mol. The quantitative estimate of drug-likeness (QED) is 0.743. The van der Waals surface area contributed by atoms with E-state index in [9.17, 15) is 19.1 Å². The van der Waals surface area contributed by atoms with Gasteiger partial charge in [0.15, 0.2) is 0 Å². The van der Waals surface area contributed by atoms with Crippen molar-refractivity contribution in [2.45, 2.75) is 26.4 Å². The van der Waals surface area contributed by atoms with Gasteiger partial charge in [0.2, 0.25) is 0 Å². The summed E-state index contributed by atoms with van der Waals surface area (Å²) in [6.45, 7) is 5.09. The molecule has 116 valence electrons. The molecule has 1 aromatic rings. The maximum Gasteiger partial charge on any atom is 0.313 e. The van der Waals surface area contributed by atoms with Gasteiger partial charge in [0, 0.05) is 6.54 Å². The predicted molar refractivity (Wildman–Crippen MR) is 78.5 cm³/mol. The largest absolute Gasteiger partial charge is 0.388 e. The highest BCUT2D eigenvalue weighted by atomic mass is 35.5. The number of anilines is 1. The van der Waals surface area contributed by atoms with E-state index in [1.807, 2.05) is 0 Å². The molecule has 2 amide bonds. The van der Waals surface area contributed by atoms with E-state index in [0.29, 0.717) is 0 Å². The van der Waals surface area contributed by atoms with Gasteiger partial charge >= 0.3 is 11.8 Å². The summed E-state index contributed by atoms with van der Waals surface area (Å²) in [5.41, 5.74) is -0.988. The average molecular weight is 317 g/mol. The zero-order valence-electron chi connectivity index (χ0n) is 12.0. The Bertz CT molecular complexity index is 547. The standard InChI is InChI=1S/C14H18ClFN2O3/c1-8(2)14(3,21)7-17-12(19)13(20)18-11-5-4-9(16)6-10(11)15/h4-6,8,21H,7H2,1-3H3,(H,17,19)(H,18,20). The van der Waals surface area contributed by atoms with Crippen molar-refractivity contribution in [2.75, 3.05) is 11.9 Å². The Morgan fingerprint density at radius 1 is 1.38 bits per heavy atom. The first-order valence-electron chi connectivity index (χ1n) is 6.40. The fourth-order valence-electron chi connectivity index (χ4n) is 1.31. The molecule has 0 saturated heterocycles. The number of amides is 2. The molecule has 5 nitrogen and oxygen atoms in total. The molecule has 0 fully saturated rings. The number of rotatable bonds is 4. The molecule has 1 aromatic carbocycles. The minimum Gasteiger partial charge on any atom is -0.388 e. The van der Waals surface area contributed by atoms with Gasteiger partial charge < -0.3 is 15.7 Å². The molecular weight excluding hydrogens is 299 g/mol. The average Bonchev–Trinajstić information content (AvgIpc) is 2.39. The number of benzene rings is 1. The van der Waals surface area contributed by atoms with Crippen LogP contribution in [0.3, 0.4) is 0 Å². The van der Waals surface area contributed by atoms with E-state index in [4.69, 9.17) is 11.6 Å². The molecule has 3 N–H and O–H groups in total. The van der Waals surface area contributed by atoms with Crippen molar-refractivity contribution < 1.29 is 19.1 Å². The van der Waals surface area contributed by atoms with Gasteiger partial charge in [-0.1, -0.05) is 25.4 Å². The predicted octanol–water partition coefficient (Wildman–Crippen LogP) is 1.94. The fourth-order valence-corrected chi connectivity index (χ4v) is 1.53. The van der Waals surface area contributed by atoms with Crippen molar-refractivity contribution in [1.29, 1.82) is 0 Å². The summed E-state index contributed by atoms with van der Waals surface area (Å²) in [5.74, 6) is -2.48. The molecule has 0 aliphatic heterocycles. The van der Waals surface area contributed by atoms with Crippen LogP contribution in [-0.4, -0.2) is 29.1 Å².